The molecule has 1 heterocycles. The summed E-state index contributed by atoms with van der Waals surface area (Å²) in [7, 11) is 0. The van der Waals surface area contributed by atoms with Crippen LogP contribution in [0.1, 0.15) is 5.56 Å². The normalized spacial score (nSPS) is 10.1. The second-order valence-electron chi connectivity index (χ2n) is 3.50. The van der Waals surface area contributed by atoms with Gasteiger partial charge < -0.3 is 14.9 Å². The fourth-order valence-electron chi connectivity index (χ4n) is 1.37. The number of rotatable bonds is 4. The maximum Gasteiger partial charge on any atom is 0.406 e. The Morgan fingerprint density at radius 2 is 2.00 bits per heavy atom. The molecule has 0 atom stereocenters. The van der Waals surface area contributed by atoms with Gasteiger partial charge >= 0.3 is 5.82 Å². The summed E-state index contributed by atoms with van der Waals surface area (Å²) >= 11 is 5.76. The molecule has 5 nitrogen and oxygen atoms in total. The van der Waals surface area contributed by atoms with Crippen LogP contribution in [0, 0.1) is 10.1 Å². The Bertz CT molecular complexity index is 558. The molecule has 0 fully saturated rings. The average Bonchev–Trinajstić information content (AvgIpc) is 2.38. The maximum absolute atomic E-state index is 10.7. The van der Waals surface area contributed by atoms with Gasteiger partial charge in [-0.2, -0.15) is 0 Å². The Kier molecular flexibility index (Phi) is 3.74. The SMILES string of the molecule is O=[N+]([O-])c1ncccc1OCc1ccc(Cl)cc1. The van der Waals surface area contributed by atoms with Gasteiger partial charge in [-0.15, -0.1) is 0 Å². The van der Waals surface area contributed by atoms with Crippen LogP contribution in [0.2, 0.25) is 5.02 Å². The first-order chi connectivity index (χ1) is 8.66. The van der Waals surface area contributed by atoms with E-state index in [4.69, 9.17) is 16.3 Å². The molecule has 0 unspecified atom stereocenters. The highest BCUT2D eigenvalue weighted by Gasteiger charge is 2.15. The predicted octanol–water partition coefficient (Wildman–Crippen LogP) is 3.22. The second-order valence-corrected chi connectivity index (χ2v) is 3.93. The highest BCUT2D eigenvalue weighted by Crippen LogP contribution is 2.24. The van der Waals surface area contributed by atoms with Crippen LogP contribution >= 0.6 is 11.6 Å². The molecule has 0 aliphatic carbocycles. The fourth-order valence-corrected chi connectivity index (χ4v) is 1.50. The lowest BCUT2D eigenvalue weighted by Gasteiger charge is -2.06. The quantitative estimate of drug-likeness (QED) is 0.628. The summed E-state index contributed by atoms with van der Waals surface area (Å²) in [5, 5.41) is 11.4. The summed E-state index contributed by atoms with van der Waals surface area (Å²) in [6, 6.07) is 10.2. The molecule has 1 aromatic carbocycles. The third kappa shape index (κ3) is 2.95. The van der Waals surface area contributed by atoms with E-state index in [9.17, 15) is 10.1 Å². The third-order valence-corrected chi connectivity index (χ3v) is 2.48. The van der Waals surface area contributed by atoms with Crippen LogP contribution in [-0.4, -0.2) is 9.91 Å². The van der Waals surface area contributed by atoms with Crippen LogP contribution in [0.5, 0.6) is 5.75 Å². The number of benzene rings is 1. The van der Waals surface area contributed by atoms with Crippen molar-refractivity contribution in [3.05, 3.63) is 63.3 Å². The summed E-state index contributed by atoms with van der Waals surface area (Å²) in [6.07, 6.45) is 1.35. The zero-order valence-corrected chi connectivity index (χ0v) is 10.0. The summed E-state index contributed by atoms with van der Waals surface area (Å²) in [4.78, 5) is 13.8. The Hall–Kier alpha value is -2.14. The molecule has 0 saturated carbocycles. The van der Waals surface area contributed by atoms with Gasteiger partial charge in [0.05, 0.1) is 0 Å². The van der Waals surface area contributed by atoms with Gasteiger partial charge in [-0.25, -0.2) is 0 Å². The van der Waals surface area contributed by atoms with Crippen LogP contribution in [0.3, 0.4) is 0 Å². The summed E-state index contributed by atoms with van der Waals surface area (Å²) in [5.41, 5.74) is 0.873. The molecule has 0 N–H and O–H groups in total. The van der Waals surface area contributed by atoms with Crippen LogP contribution in [0.15, 0.2) is 42.6 Å². The number of halogens is 1. The number of pyridine rings is 1. The number of nitrogens with zero attached hydrogens (tertiary/aromatic N) is 2. The van der Waals surface area contributed by atoms with E-state index in [2.05, 4.69) is 4.98 Å². The molecule has 18 heavy (non-hydrogen) atoms. The molecule has 0 radical (unpaired) electrons. The molecule has 92 valence electrons. The summed E-state index contributed by atoms with van der Waals surface area (Å²) < 4.78 is 5.38. The Morgan fingerprint density at radius 1 is 1.28 bits per heavy atom. The van der Waals surface area contributed by atoms with Gasteiger partial charge in [-0.1, -0.05) is 23.7 Å². The van der Waals surface area contributed by atoms with Crippen molar-refractivity contribution in [1.82, 2.24) is 4.98 Å². The number of nitro groups is 1. The van der Waals surface area contributed by atoms with Crippen LogP contribution in [-0.2, 0) is 6.61 Å². The molecule has 0 spiro atoms. The first kappa shape index (κ1) is 12.3. The summed E-state index contributed by atoms with van der Waals surface area (Å²) in [5.74, 6) is -0.135. The van der Waals surface area contributed by atoms with E-state index in [1.54, 1.807) is 30.3 Å². The first-order valence-corrected chi connectivity index (χ1v) is 5.51. The third-order valence-electron chi connectivity index (χ3n) is 2.23. The van der Waals surface area contributed by atoms with Crippen molar-refractivity contribution in [2.24, 2.45) is 0 Å². The minimum Gasteiger partial charge on any atom is -0.481 e. The molecule has 0 bridgehead atoms. The molecule has 0 aliphatic rings. The fraction of sp³-hybridized carbons (Fsp3) is 0.0833. The molecule has 1 aromatic heterocycles. The Morgan fingerprint density at radius 3 is 2.67 bits per heavy atom. The number of aromatic nitrogens is 1. The smallest absolute Gasteiger partial charge is 0.406 e. The largest absolute Gasteiger partial charge is 0.481 e. The van der Waals surface area contributed by atoms with Gasteiger partial charge in [0.15, 0.2) is 0 Å². The molecule has 0 aliphatic heterocycles. The minimum atomic E-state index is -0.572. The van der Waals surface area contributed by atoms with E-state index in [0.29, 0.717) is 5.02 Å². The molecule has 6 heteroatoms. The van der Waals surface area contributed by atoms with E-state index in [1.807, 2.05) is 0 Å². The van der Waals surface area contributed by atoms with Crippen LogP contribution < -0.4 is 4.74 Å². The first-order valence-electron chi connectivity index (χ1n) is 5.13. The molecular weight excluding hydrogens is 256 g/mol. The van der Waals surface area contributed by atoms with E-state index in [-0.39, 0.29) is 18.2 Å². The van der Waals surface area contributed by atoms with Gasteiger partial charge in [0.1, 0.15) is 12.8 Å². The van der Waals surface area contributed by atoms with Gasteiger partial charge in [0.2, 0.25) is 5.75 Å². The van der Waals surface area contributed by atoms with Crippen LogP contribution in [0.4, 0.5) is 5.82 Å². The van der Waals surface area contributed by atoms with Crippen molar-refractivity contribution in [3.8, 4) is 5.75 Å². The van der Waals surface area contributed by atoms with Gasteiger partial charge in [-0.3, -0.25) is 0 Å². The zero-order chi connectivity index (χ0) is 13.0. The number of ether oxygens (including phenoxy) is 1. The monoisotopic (exact) mass is 264 g/mol. The van der Waals surface area contributed by atoms with Crippen molar-refractivity contribution in [3.63, 3.8) is 0 Å². The summed E-state index contributed by atoms with van der Waals surface area (Å²) in [6.45, 7) is 0.226. The lowest BCUT2D eigenvalue weighted by molar-refractivity contribution is -0.390. The molecular formula is C12H9ClN2O3. The zero-order valence-electron chi connectivity index (χ0n) is 9.25. The highest BCUT2D eigenvalue weighted by molar-refractivity contribution is 6.30. The van der Waals surface area contributed by atoms with Crippen molar-refractivity contribution >= 4 is 17.4 Å². The van der Waals surface area contributed by atoms with Crippen molar-refractivity contribution in [1.29, 1.82) is 0 Å². The van der Waals surface area contributed by atoms with Gasteiger partial charge in [0.25, 0.3) is 0 Å². The number of hydrogen-bond donors (Lipinski definition) is 0. The molecule has 0 saturated heterocycles. The highest BCUT2D eigenvalue weighted by atomic mass is 35.5. The lowest BCUT2D eigenvalue weighted by atomic mass is 10.2. The standard InChI is InChI=1S/C12H9ClN2O3/c13-10-5-3-9(4-6-10)8-18-11-2-1-7-14-12(11)15(16)17/h1-7H,8H2. The average molecular weight is 265 g/mol. The second kappa shape index (κ2) is 5.46. The van der Waals surface area contributed by atoms with E-state index in [1.165, 1.54) is 12.3 Å². The van der Waals surface area contributed by atoms with E-state index >= 15 is 0 Å². The van der Waals surface area contributed by atoms with Gasteiger partial charge in [0, 0.05) is 5.02 Å². The Balaban J connectivity index is 2.10. The van der Waals surface area contributed by atoms with Crippen molar-refractivity contribution in [2.75, 3.05) is 0 Å². The van der Waals surface area contributed by atoms with E-state index < -0.39 is 4.92 Å². The topological polar surface area (TPSA) is 65.3 Å². The van der Waals surface area contributed by atoms with E-state index in [0.717, 1.165) is 5.56 Å². The molecule has 0 amide bonds. The minimum absolute atomic E-state index is 0.150. The Labute approximate surface area is 108 Å². The molecule has 2 aromatic rings. The lowest BCUT2D eigenvalue weighted by Crippen LogP contribution is -2.00. The van der Waals surface area contributed by atoms with Crippen molar-refractivity contribution in [2.45, 2.75) is 6.61 Å². The maximum atomic E-state index is 10.7. The van der Waals surface area contributed by atoms with Crippen molar-refractivity contribution < 1.29 is 9.66 Å². The molecule has 2 rings (SSSR count). The predicted molar refractivity (Wildman–Crippen MR) is 66.7 cm³/mol. The van der Waals surface area contributed by atoms with Crippen LogP contribution in [0.25, 0.3) is 0 Å². The number of hydrogen-bond acceptors (Lipinski definition) is 4. The van der Waals surface area contributed by atoms with Gasteiger partial charge in [-0.05, 0) is 39.7 Å².